The van der Waals surface area contributed by atoms with Gasteiger partial charge < -0.3 is 20.4 Å². The zero-order chi connectivity index (χ0) is 21.1. The summed E-state index contributed by atoms with van der Waals surface area (Å²) in [6.07, 6.45) is 6.20. The molecule has 0 unspecified atom stereocenters. The van der Waals surface area contributed by atoms with E-state index in [9.17, 15) is 20.1 Å². The molecule has 4 aliphatic rings. The van der Waals surface area contributed by atoms with Gasteiger partial charge in [0.15, 0.2) is 0 Å². The van der Waals surface area contributed by atoms with Crippen LogP contribution < -0.4 is 0 Å². The number of carboxylic acids is 1. The van der Waals surface area contributed by atoms with E-state index in [4.69, 9.17) is 5.11 Å². The van der Waals surface area contributed by atoms with Crippen LogP contribution in [0, 0.1) is 46.3 Å². The van der Waals surface area contributed by atoms with E-state index in [0.29, 0.717) is 30.1 Å². The molecule has 0 saturated heterocycles. The molecule has 0 aromatic rings. The van der Waals surface area contributed by atoms with Crippen LogP contribution in [0.1, 0.15) is 78.6 Å². The first-order valence-electron chi connectivity index (χ1n) is 11.8. The van der Waals surface area contributed by atoms with Gasteiger partial charge in [0.05, 0.1) is 18.3 Å². The molecule has 0 aromatic heterocycles. The third-order valence-electron chi connectivity index (χ3n) is 10.3. The molecule has 11 atom stereocenters. The van der Waals surface area contributed by atoms with Gasteiger partial charge in [0.2, 0.25) is 0 Å². The van der Waals surface area contributed by atoms with E-state index in [0.717, 1.165) is 44.9 Å². The van der Waals surface area contributed by atoms with E-state index in [1.54, 1.807) is 0 Å². The van der Waals surface area contributed by atoms with Gasteiger partial charge in [-0.15, -0.1) is 0 Å². The van der Waals surface area contributed by atoms with Crippen molar-refractivity contribution >= 4 is 5.97 Å². The normalized spacial score (nSPS) is 52.9. The third-order valence-corrected chi connectivity index (χ3v) is 10.3. The van der Waals surface area contributed by atoms with Crippen LogP contribution in [0.15, 0.2) is 0 Å². The highest BCUT2D eigenvalue weighted by atomic mass is 16.4. The zero-order valence-electron chi connectivity index (χ0n) is 18.3. The van der Waals surface area contributed by atoms with E-state index >= 15 is 0 Å². The summed E-state index contributed by atoms with van der Waals surface area (Å²) in [5.41, 5.74) is -0.154. The van der Waals surface area contributed by atoms with E-state index in [-0.39, 0.29) is 35.2 Å². The highest BCUT2D eigenvalue weighted by molar-refractivity contribution is 5.66. The molecule has 0 spiro atoms. The Labute approximate surface area is 174 Å². The molecule has 29 heavy (non-hydrogen) atoms. The number of carbonyl (C=O) groups is 1. The van der Waals surface area contributed by atoms with Gasteiger partial charge in [-0.1, -0.05) is 20.8 Å². The van der Waals surface area contributed by atoms with Crippen molar-refractivity contribution in [1.82, 2.24) is 0 Å². The van der Waals surface area contributed by atoms with Crippen LogP contribution in [-0.4, -0.2) is 44.7 Å². The number of fused-ring (bicyclic) bond motifs is 5. The lowest BCUT2D eigenvalue weighted by Crippen LogP contribution is -2.59. The van der Waals surface area contributed by atoms with Crippen molar-refractivity contribution in [3.05, 3.63) is 0 Å². The second kappa shape index (κ2) is 7.49. The second-order valence-electron chi connectivity index (χ2n) is 11.4. The Balaban J connectivity index is 1.60. The standard InChI is InChI=1S/C24H40O5/c1-13(4-7-21(28)29)22-19(26)11-18-16-6-5-14-10-15(25)8-9-23(14,2)17(16)12-20(27)24(18,22)3/h13-20,22,25-27H,4-12H2,1-3H3,(H,28,29)/t13-,14-,15-,16-,17+,18-,19-,20+,22+,23+,24-/m1/s1. The number of carboxylic acid groups (broad SMARTS) is 1. The van der Waals surface area contributed by atoms with Crippen LogP contribution >= 0.6 is 0 Å². The first kappa shape index (κ1) is 21.6. The number of rotatable bonds is 4. The van der Waals surface area contributed by atoms with Crippen molar-refractivity contribution in [2.45, 2.75) is 96.9 Å². The number of aliphatic hydroxyl groups is 3. The van der Waals surface area contributed by atoms with Crippen LogP contribution in [-0.2, 0) is 4.79 Å². The molecule has 0 heterocycles. The fourth-order valence-electron chi connectivity index (χ4n) is 8.79. The second-order valence-corrected chi connectivity index (χ2v) is 11.4. The molecule has 5 heteroatoms. The zero-order valence-corrected chi connectivity index (χ0v) is 18.3. The summed E-state index contributed by atoms with van der Waals surface area (Å²) in [4.78, 5) is 11.1. The Hall–Kier alpha value is -0.650. The number of aliphatic hydroxyl groups excluding tert-OH is 3. The Morgan fingerprint density at radius 3 is 2.45 bits per heavy atom. The van der Waals surface area contributed by atoms with Crippen molar-refractivity contribution in [1.29, 1.82) is 0 Å². The van der Waals surface area contributed by atoms with Gasteiger partial charge in [0.1, 0.15) is 0 Å². The van der Waals surface area contributed by atoms with E-state index in [2.05, 4.69) is 20.8 Å². The maximum atomic E-state index is 11.5. The van der Waals surface area contributed by atoms with Crippen molar-refractivity contribution in [3.8, 4) is 0 Å². The largest absolute Gasteiger partial charge is 0.481 e. The lowest BCUT2D eigenvalue weighted by atomic mass is 9.43. The molecule has 0 amide bonds. The first-order chi connectivity index (χ1) is 13.6. The van der Waals surface area contributed by atoms with Gasteiger partial charge in [-0.2, -0.15) is 0 Å². The highest BCUT2D eigenvalue weighted by Gasteiger charge is 2.65. The molecule has 0 radical (unpaired) electrons. The van der Waals surface area contributed by atoms with Gasteiger partial charge >= 0.3 is 5.97 Å². The molecule has 0 bridgehead atoms. The summed E-state index contributed by atoms with van der Waals surface area (Å²) in [6.45, 7) is 6.63. The van der Waals surface area contributed by atoms with E-state index in [1.807, 2.05) is 0 Å². The summed E-state index contributed by atoms with van der Waals surface area (Å²) in [6, 6.07) is 0. The summed E-state index contributed by atoms with van der Waals surface area (Å²) in [5, 5.41) is 41.8. The fourth-order valence-corrected chi connectivity index (χ4v) is 8.79. The highest BCUT2D eigenvalue weighted by Crippen LogP contribution is 2.68. The Morgan fingerprint density at radius 2 is 1.76 bits per heavy atom. The molecule has 0 aliphatic heterocycles. The predicted octanol–water partition coefficient (Wildman–Crippen LogP) is 3.45. The quantitative estimate of drug-likeness (QED) is 0.571. The summed E-state index contributed by atoms with van der Waals surface area (Å²) < 4.78 is 0. The maximum Gasteiger partial charge on any atom is 0.303 e. The number of hydrogen-bond donors (Lipinski definition) is 4. The first-order valence-corrected chi connectivity index (χ1v) is 11.8. The van der Waals surface area contributed by atoms with Gasteiger partial charge in [-0.25, -0.2) is 0 Å². The van der Waals surface area contributed by atoms with Gasteiger partial charge in [0.25, 0.3) is 0 Å². The molecular weight excluding hydrogens is 368 g/mol. The fraction of sp³-hybridized carbons (Fsp3) is 0.958. The summed E-state index contributed by atoms with van der Waals surface area (Å²) in [7, 11) is 0. The minimum absolute atomic E-state index is 0.0403. The van der Waals surface area contributed by atoms with Crippen molar-refractivity contribution in [2.24, 2.45) is 46.3 Å². The molecule has 166 valence electrons. The van der Waals surface area contributed by atoms with Gasteiger partial charge in [0, 0.05) is 11.8 Å². The maximum absolute atomic E-state index is 11.5. The Kier molecular flexibility index (Phi) is 5.57. The number of hydrogen-bond acceptors (Lipinski definition) is 4. The topological polar surface area (TPSA) is 98.0 Å². The van der Waals surface area contributed by atoms with Crippen LogP contribution in [0.25, 0.3) is 0 Å². The molecule has 4 N–H and O–H groups in total. The van der Waals surface area contributed by atoms with Gasteiger partial charge in [-0.3, -0.25) is 4.79 Å². The smallest absolute Gasteiger partial charge is 0.303 e. The lowest BCUT2D eigenvalue weighted by Gasteiger charge is -2.62. The third kappa shape index (κ3) is 3.27. The van der Waals surface area contributed by atoms with Crippen molar-refractivity contribution < 1.29 is 25.2 Å². The SMILES string of the molecule is C[C@H](CCC(=O)O)[C@H]1[C@H](O)C[C@@H]2[C@@H]3CC[C@@H]4C[C@H](O)CC[C@]4(C)[C@H]3C[C@H](O)[C@]12C. The minimum atomic E-state index is -0.791. The van der Waals surface area contributed by atoms with Crippen LogP contribution in [0.2, 0.25) is 0 Å². The molecular formula is C24H40O5. The van der Waals surface area contributed by atoms with Gasteiger partial charge in [-0.05, 0) is 92.3 Å². The number of aliphatic carboxylic acids is 1. The minimum Gasteiger partial charge on any atom is -0.481 e. The van der Waals surface area contributed by atoms with E-state index in [1.165, 1.54) is 0 Å². The Bertz CT molecular complexity index is 637. The monoisotopic (exact) mass is 408 g/mol. The van der Waals surface area contributed by atoms with E-state index < -0.39 is 18.2 Å². The average molecular weight is 409 g/mol. The molecule has 4 saturated carbocycles. The molecule has 4 aliphatic carbocycles. The molecule has 4 rings (SSSR count). The van der Waals surface area contributed by atoms with Crippen LogP contribution in [0.4, 0.5) is 0 Å². The van der Waals surface area contributed by atoms with Crippen LogP contribution in [0.3, 0.4) is 0 Å². The lowest BCUT2D eigenvalue weighted by molar-refractivity contribution is -0.176. The molecule has 0 aromatic carbocycles. The Morgan fingerprint density at radius 1 is 1.03 bits per heavy atom. The van der Waals surface area contributed by atoms with Crippen LogP contribution in [0.5, 0.6) is 0 Å². The molecule has 4 fully saturated rings. The molecule has 5 nitrogen and oxygen atoms in total. The van der Waals surface area contributed by atoms with Crippen molar-refractivity contribution in [3.63, 3.8) is 0 Å². The summed E-state index contributed by atoms with van der Waals surface area (Å²) >= 11 is 0. The average Bonchev–Trinajstić information content (AvgIpc) is 2.93. The predicted molar refractivity (Wildman–Crippen MR) is 110 cm³/mol. The summed E-state index contributed by atoms with van der Waals surface area (Å²) in [5.74, 6) is 1.07. The van der Waals surface area contributed by atoms with Crippen molar-refractivity contribution in [2.75, 3.05) is 0 Å².